The average Bonchev–Trinajstić information content (AvgIpc) is 2.91. The Morgan fingerprint density at radius 2 is 2.05 bits per heavy atom. The Morgan fingerprint density at radius 1 is 1.27 bits per heavy atom. The van der Waals surface area contributed by atoms with Gasteiger partial charge >= 0.3 is 5.97 Å². The van der Waals surface area contributed by atoms with Gasteiger partial charge in [-0.15, -0.1) is 0 Å². The van der Waals surface area contributed by atoms with Gasteiger partial charge < -0.3 is 14.5 Å². The predicted octanol–water partition coefficient (Wildman–Crippen LogP) is 3.44. The summed E-state index contributed by atoms with van der Waals surface area (Å²) in [5.74, 6) is 0.175. The molecule has 0 saturated heterocycles. The van der Waals surface area contributed by atoms with Crippen molar-refractivity contribution in [2.45, 2.75) is 6.92 Å². The number of ether oxygens (including phenoxy) is 1. The van der Waals surface area contributed by atoms with Gasteiger partial charge in [0.1, 0.15) is 11.5 Å². The first kappa shape index (κ1) is 15.9. The van der Waals surface area contributed by atoms with Crippen molar-refractivity contribution in [2.75, 3.05) is 11.9 Å². The zero-order valence-corrected chi connectivity index (χ0v) is 12.6. The summed E-state index contributed by atoms with van der Waals surface area (Å²) in [5, 5.41) is 2.96. The first-order chi connectivity index (χ1) is 10.5. The highest BCUT2D eigenvalue weighted by molar-refractivity contribution is 6.33. The first-order valence-electron chi connectivity index (χ1n) is 6.50. The van der Waals surface area contributed by atoms with Crippen LogP contribution in [0.4, 0.5) is 5.69 Å². The van der Waals surface area contributed by atoms with E-state index in [0.717, 1.165) is 5.76 Å². The second kappa shape index (κ2) is 7.47. The van der Waals surface area contributed by atoms with E-state index in [1.54, 1.807) is 43.3 Å². The van der Waals surface area contributed by atoms with Crippen molar-refractivity contribution >= 4 is 35.2 Å². The van der Waals surface area contributed by atoms with Gasteiger partial charge in [-0.3, -0.25) is 4.79 Å². The third-order valence-corrected chi connectivity index (χ3v) is 2.97. The molecule has 0 atom stereocenters. The Morgan fingerprint density at radius 3 is 2.73 bits per heavy atom. The maximum absolute atomic E-state index is 11.7. The highest BCUT2D eigenvalue weighted by Gasteiger charge is 2.07. The van der Waals surface area contributed by atoms with E-state index in [2.05, 4.69) is 5.32 Å². The van der Waals surface area contributed by atoms with Crippen LogP contribution in [0.3, 0.4) is 0 Å². The Balaban J connectivity index is 1.80. The van der Waals surface area contributed by atoms with Crippen LogP contribution in [0.5, 0.6) is 0 Å². The minimum atomic E-state index is -0.636. The molecule has 2 rings (SSSR count). The van der Waals surface area contributed by atoms with Crippen molar-refractivity contribution in [2.24, 2.45) is 0 Å². The SMILES string of the molecule is Cc1ccc(C=CC(=O)OCC(=O)Nc2ccccc2Cl)o1. The number of halogens is 1. The molecule has 22 heavy (non-hydrogen) atoms. The van der Waals surface area contributed by atoms with Gasteiger partial charge in [0.15, 0.2) is 6.61 Å². The standard InChI is InChI=1S/C16H14ClNO4/c1-11-6-7-12(22-11)8-9-16(20)21-10-15(19)18-14-5-3-2-4-13(14)17/h2-9H,10H2,1H3,(H,18,19). The second-order valence-electron chi connectivity index (χ2n) is 4.42. The molecule has 0 unspecified atom stereocenters. The molecule has 0 aliphatic heterocycles. The van der Waals surface area contributed by atoms with E-state index in [0.29, 0.717) is 16.5 Å². The number of aryl methyl sites for hydroxylation is 1. The normalized spacial score (nSPS) is 10.6. The van der Waals surface area contributed by atoms with E-state index < -0.39 is 18.5 Å². The first-order valence-corrected chi connectivity index (χ1v) is 6.88. The van der Waals surface area contributed by atoms with Crippen molar-refractivity contribution in [3.05, 3.63) is 59.0 Å². The van der Waals surface area contributed by atoms with Crippen molar-refractivity contribution < 1.29 is 18.7 Å². The van der Waals surface area contributed by atoms with Crippen LogP contribution in [-0.4, -0.2) is 18.5 Å². The molecular formula is C16H14ClNO4. The molecule has 0 saturated carbocycles. The van der Waals surface area contributed by atoms with Crippen LogP contribution in [0.2, 0.25) is 5.02 Å². The number of carbonyl (C=O) groups excluding carboxylic acids is 2. The average molecular weight is 320 g/mol. The molecule has 0 bridgehead atoms. The van der Waals surface area contributed by atoms with Gasteiger partial charge in [0, 0.05) is 6.08 Å². The number of para-hydroxylation sites is 1. The summed E-state index contributed by atoms with van der Waals surface area (Å²) in [6.45, 7) is 1.40. The van der Waals surface area contributed by atoms with E-state index in [1.807, 2.05) is 0 Å². The van der Waals surface area contributed by atoms with Crippen molar-refractivity contribution in [1.82, 2.24) is 0 Å². The largest absolute Gasteiger partial charge is 0.462 e. The minimum Gasteiger partial charge on any atom is -0.462 e. The van der Waals surface area contributed by atoms with Gasteiger partial charge in [-0.1, -0.05) is 23.7 Å². The maximum Gasteiger partial charge on any atom is 0.331 e. The third kappa shape index (κ3) is 4.79. The lowest BCUT2D eigenvalue weighted by molar-refractivity contribution is -0.142. The Hall–Kier alpha value is -2.53. The highest BCUT2D eigenvalue weighted by atomic mass is 35.5. The Bertz CT molecular complexity index is 706. The fourth-order valence-electron chi connectivity index (χ4n) is 1.63. The molecule has 5 nitrogen and oxygen atoms in total. The van der Waals surface area contributed by atoms with Crippen molar-refractivity contribution in [3.8, 4) is 0 Å². The fraction of sp³-hybridized carbons (Fsp3) is 0.125. The highest BCUT2D eigenvalue weighted by Crippen LogP contribution is 2.20. The summed E-state index contributed by atoms with van der Waals surface area (Å²) in [5.41, 5.74) is 0.465. The summed E-state index contributed by atoms with van der Waals surface area (Å²) in [6.07, 6.45) is 2.67. The van der Waals surface area contributed by atoms with Crippen molar-refractivity contribution in [1.29, 1.82) is 0 Å². The molecule has 0 radical (unpaired) electrons. The minimum absolute atomic E-state index is 0.397. The fourth-order valence-corrected chi connectivity index (χ4v) is 1.81. The van der Waals surface area contributed by atoms with E-state index in [9.17, 15) is 9.59 Å². The van der Waals surface area contributed by atoms with Crippen LogP contribution in [0, 0.1) is 6.92 Å². The van der Waals surface area contributed by atoms with Crippen molar-refractivity contribution in [3.63, 3.8) is 0 Å². The van der Waals surface area contributed by atoms with Gasteiger partial charge in [0.25, 0.3) is 5.91 Å². The van der Waals surface area contributed by atoms with Gasteiger partial charge in [-0.05, 0) is 37.3 Å². The number of hydrogen-bond donors (Lipinski definition) is 1. The number of carbonyl (C=O) groups is 2. The van der Waals surface area contributed by atoms with Gasteiger partial charge in [0.2, 0.25) is 0 Å². The molecule has 2 aromatic rings. The smallest absolute Gasteiger partial charge is 0.331 e. The Labute approximate surface area is 132 Å². The third-order valence-electron chi connectivity index (χ3n) is 2.64. The van der Waals surface area contributed by atoms with Crippen LogP contribution < -0.4 is 5.32 Å². The molecule has 0 aliphatic carbocycles. The topological polar surface area (TPSA) is 68.5 Å². The maximum atomic E-state index is 11.7. The number of esters is 1. The van der Waals surface area contributed by atoms with Crippen LogP contribution >= 0.6 is 11.6 Å². The summed E-state index contributed by atoms with van der Waals surface area (Å²) in [6, 6.07) is 10.3. The van der Waals surface area contributed by atoms with Gasteiger partial charge in [-0.2, -0.15) is 0 Å². The molecule has 0 spiro atoms. The quantitative estimate of drug-likeness (QED) is 0.677. The monoisotopic (exact) mass is 319 g/mol. The van der Waals surface area contributed by atoms with Gasteiger partial charge in [-0.25, -0.2) is 4.79 Å². The number of amides is 1. The van der Waals surface area contributed by atoms with Crippen LogP contribution in [0.15, 0.2) is 46.9 Å². The summed E-state index contributed by atoms with van der Waals surface area (Å²) in [7, 11) is 0. The molecule has 0 aliphatic rings. The summed E-state index contributed by atoms with van der Waals surface area (Å²) < 4.78 is 10.1. The lowest BCUT2D eigenvalue weighted by atomic mass is 10.3. The molecule has 1 N–H and O–H groups in total. The Kier molecular flexibility index (Phi) is 5.38. The predicted molar refractivity (Wildman–Crippen MR) is 83.5 cm³/mol. The molecule has 114 valence electrons. The van der Waals surface area contributed by atoms with Crippen LogP contribution in [-0.2, 0) is 14.3 Å². The molecule has 1 aromatic heterocycles. The molecule has 1 amide bonds. The number of benzene rings is 1. The number of nitrogens with one attached hydrogen (secondary N) is 1. The lowest BCUT2D eigenvalue weighted by Crippen LogP contribution is -2.20. The molecule has 1 aromatic carbocycles. The lowest BCUT2D eigenvalue weighted by Gasteiger charge is -2.06. The molecular weight excluding hydrogens is 306 g/mol. The molecule has 1 heterocycles. The van der Waals surface area contributed by atoms with E-state index in [4.69, 9.17) is 20.8 Å². The van der Waals surface area contributed by atoms with Crippen LogP contribution in [0.1, 0.15) is 11.5 Å². The number of hydrogen-bond acceptors (Lipinski definition) is 4. The summed E-state index contributed by atoms with van der Waals surface area (Å²) in [4.78, 5) is 23.1. The zero-order chi connectivity index (χ0) is 15.9. The van der Waals surface area contributed by atoms with E-state index in [-0.39, 0.29) is 0 Å². The molecule has 6 heteroatoms. The van der Waals surface area contributed by atoms with E-state index in [1.165, 1.54) is 12.2 Å². The zero-order valence-electron chi connectivity index (χ0n) is 11.8. The number of furan rings is 1. The number of anilines is 1. The second-order valence-corrected chi connectivity index (χ2v) is 4.82. The summed E-state index contributed by atoms with van der Waals surface area (Å²) >= 11 is 5.91. The van der Waals surface area contributed by atoms with Gasteiger partial charge in [0.05, 0.1) is 10.7 Å². The van der Waals surface area contributed by atoms with E-state index >= 15 is 0 Å². The molecule has 0 fully saturated rings. The van der Waals surface area contributed by atoms with Crippen LogP contribution in [0.25, 0.3) is 6.08 Å². The number of rotatable bonds is 5.